The highest BCUT2D eigenvalue weighted by molar-refractivity contribution is 5.59. The SMILES string of the molecule is CCC[n+]1ccc(-c2cc(N)ncn2)cn1. The molecular formula is C11H14N5+. The predicted molar refractivity (Wildman–Crippen MR) is 60.2 cm³/mol. The van der Waals surface area contributed by atoms with E-state index in [2.05, 4.69) is 22.0 Å². The third kappa shape index (κ3) is 2.31. The van der Waals surface area contributed by atoms with Gasteiger partial charge in [-0.2, -0.15) is 0 Å². The Bertz CT molecular complexity index is 466. The Balaban J connectivity index is 2.27. The quantitative estimate of drug-likeness (QED) is 0.771. The van der Waals surface area contributed by atoms with E-state index in [-0.39, 0.29) is 0 Å². The molecule has 2 aromatic rings. The van der Waals surface area contributed by atoms with Crippen molar-refractivity contribution in [3.63, 3.8) is 0 Å². The van der Waals surface area contributed by atoms with E-state index in [1.807, 2.05) is 16.9 Å². The molecule has 0 aromatic carbocycles. The lowest BCUT2D eigenvalue weighted by atomic mass is 10.2. The molecule has 2 N–H and O–H groups in total. The number of nitrogens with zero attached hydrogens (tertiary/aromatic N) is 4. The van der Waals surface area contributed by atoms with Crippen molar-refractivity contribution in [3.8, 4) is 11.3 Å². The Hall–Kier alpha value is -2.04. The van der Waals surface area contributed by atoms with Crippen molar-refractivity contribution < 1.29 is 4.68 Å². The molecule has 0 aliphatic carbocycles. The topological polar surface area (TPSA) is 68.6 Å². The molecule has 16 heavy (non-hydrogen) atoms. The Morgan fingerprint density at radius 1 is 1.38 bits per heavy atom. The summed E-state index contributed by atoms with van der Waals surface area (Å²) in [6.07, 6.45) is 6.25. The lowest BCUT2D eigenvalue weighted by Crippen LogP contribution is -2.36. The van der Waals surface area contributed by atoms with Crippen LogP contribution in [-0.2, 0) is 6.54 Å². The summed E-state index contributed by atoms with van der Waals surface area (Å²) >= 11 is 0. The molecule has 2 rings (SSSR count). The van der Waals surface area contributed by atoms with Crippen molar-refractivity contribution in [1.82, 2.24) is 15.1 Å². The van der Waals surface area contributed by atoms with Gasteiger partial charge in [0.2, 0.25) is 0 Å². The molecular weight excluding hydrogens is 202 g/mol. The maximum absolute atomic E-state index is 5.60. The monoisotopic (exact) mass is 216 g/mol. The van der Waals surface area contributed by atoms with Crippen molar-refractivity contribution in [1.29, 1.82) is 0 Å². The highest BCUT2D eigenvalue weighted by Gasteiger charge is 2.04. The summed E-state index contributed by atoms with van der Waals surface area (Å²) in [6.45, 7) is 3.04. The first-order valence-electron chi connectivity index (χ1n) is 5.23. The standard InChI is InChI=1S/C11H14N5/c1-2-4-16-5-3-9(7-15-16)10-6-11(12)14-8-13-10/h3,5-8H,2,4H2,1H3,(H2,12,13,14)/q+1. The second-order valence-corrected chi connectivity index (χ2v) is 3.51. The molecule has 0 saturated heterocycles. The van der Waals surface area contributed by atoms with Crippen molar-refractivity contribution in [3.05, 3.63) is 30.9 Å². The number of nitrogen functional groups attached to an aromatic ring is 1. The number of aromatic nitrogens is 4. The van der Waals surface area contributed by atoms with Gasteiger partial charge in [-0.05, 0) is 5.10 Å². The fourth-order valence-electron chi connectivity index (χ4n) is 1.43. The summed E-state index contributed by atoms with van der Waals surface area (Å²) in [7, 11) is 0. The van der Waals surface area contributed by atoms with E-state index in [1.165, 1.54) is 6.33 Å². The summed E-state index contributed by atoms with van der Waals surface area (Å²) in [4.78, 5) is 8.00. The second kappa shape index (κ2) is 4.65. The van der Waals surface area contributed by atoms with Gasteiger partial charge in [-0.15, -0.1) is 0 Å². The largest absolute Gasteiger partial charge is 0.384 e. The number of aryl methyl sites for hydroxylation is 1. The molecule has 0 atom stereocenters. The first kappa shape index (κ1) is 10.5. The van der Waals surface area contributed by atoms with E-state index in [4.69, 9.17) is 5.73 Å². The molecule has 0 aliphatic rings. The van der Waals surface area contributed by atoms with E-state index >= 15 is 0 Å². The molecule has 0 spiro atoms. The van der Waals surface area contributed by atoms with Crippen LogP contribution in [0.1, 0.15) is 13.3 Å². The number of hydrogen-bond donors (Lipinski definition) is 1. The highest BCUT2D eigenvalue weighted by Crippen LogP contribution is 2.14. The van der Waals surface area contributed by atoms with Crippen LogP contribution in [0.5, 0.6) is 0 Å². The summed E-state index contributed by atoms with van der Waals surface area (Å²) in [5, 5.41) is 4.29. The average Bonchev–Trinajstić information content (AvgIpc) is 2.30. The molecule has 0 amide bonds. The molecule has 2 aromatic heterocycles. The molecule has 0 radical (unpaired) electrons. The first-order valence-corrected chi connectivity index (χ1v) is 5.23. The Morgan fingerprint density at radius 3 is 2.88 bits per heavy atom. The van der Waals surface area contributed by atoms with Crippen LogP contribution in [0.3, 0.4) is 0 Å². The van der Waals surface area contributed by atoms with Gasteiger partial charge < -0.3 is 5.73 Å². The van der Waals surface area contributed by atoms with E-state index in [0.717, 1.165) is 24.2 Å². The number of nitrogens with two attached hydrogens (primary N) is 1. The highest BCUT2D eigenvalue weighted by atomic mass is 15.2. The molecule has 0 saturated carbocycles. The molecule has 5 heteroatoms. The van der Waals surface area contributed by atoms with Crippen molar-refractivity contribution >= 4 is 5.82 Å². The van der Waals surface area contributed by atoms with Crippen LogP contribution in [0.15, 0.2) is 30.9 Å². The van der Waals surface area contributed by atoms with Crippen molar-refractivity contribution in [2.75, 3.05) is 5.73 Å². The molecule has 0 unspecified atom stereocenters. The van der Waals surface area contributed by atoms with Crippen LogP contribution in [0, 0.1) is 0 Å². The first-order chi connectivity index (χ1) is 7.79. The van der Waals surface area contributed by atoms with E-state index in [1.54, 1.807) is 12.3 Å². The van der Waals surface area contributed by atoms with E-state index < -0.39 is 0 Å². The Morgan fingerprint density at radius 2 is 2.25 bits per heavy atom. The molecule has 0 fully saturated rings. The molecule has 0 aliphatic heterocycles. The third-order valence-electron chi connectivity index (χ3n) is 2.21. The van der Waals surface area contributed by atoms with Crippen LogP contribution < -0.4 is 10.4 Å². The normalized spacial score (nSPS) is 10.3. The van der Waals surface area contributed by atoms with Gasteiger partial charge >= 0.3 is 0 Å². The maximum atomic E-state index is 5.60. The Labute approximate surface area is 94.0 Å². The van der Waals surface area contributed by atoms with Crippen LogP contribution in [-0.4, -0.2) is 15.1 Å². The van der Waals surface area contributed by atoms with Gasteiger partial charge in [0.15, 0.2) is 12.7 Å². The molecule has 2 heterocycles. The summed E-state index contributed by atoms with van der Waals surface area (Å²) < 4.78 is 1.90. The number of rotatable bonds is 3. The number of hydrogen-bond acceptors (Lipinski definition) is 4. The number of anilines is 1. The van der Waals surface area contributed by atoms with Gasteiger partial charge in [-0.25, -0.2) is 9.97 Å². The zero-order valence-corrected chi connectivity index (χ0v) is 9.17. The van der Waals surface area contributed by atoms with Crippen LogP contribution in [0.2, 0.25) is 0 Å². The van der Waals surface area contributed by atoms with Gasteiger partial charge in [0.1, 0.15) is 18.3 Å². The minimum absolute atomic E-state index is 0.468. The van der Waals surface area contributed by atoms with Crippen LogP contribution in [0.25, 0.3) is 11.3 Å². The van der Waals surface area contributed by atoms with E-state index in [9.17, 15) is 0 Å². The fraction of sp³-hybridized carbons (Fsp3) is 0.273. The van der Waals surface area contributed by atoms with Crippen molar-refractivity contribution in [2.24, 2.45) is 0 Å². The summed E-state index contributed by atoms with van der Waals surface area (Å²) in [5.74, 6) is 0.468. The van der Waals surface area contributed by atoms with E-state index in [0.29, 0.717) is 5.82 Å². The minimum atomic E-state index is 0.468. The van der Waals surface area contributed by atoms with Gasteiger partial charge in [-0.3, -0.25) is 0 Å². The van der Waals surface area contributed by atoms with Crippen LogP contribution in [0.4, 0.5) is 5.82 Å². The summed E-state index contributed by atoms with van der Waals surface area (Å²) in [6, 6.07) is 3.71. The average molecular weight is 216 g/mol. The lowest BCUT2D eigenvalue weighted by molar-refractivity contribution is -0.753. The zero-order chi connectivity index (χ0) is 11.4. The van der Waals surface area contributed by atoms with Gasteiger partial charge in [0, 0.05) is 24.1 Å². The summed E-state index contributed by atoms with van der Waals surface area (Å²) in [5.41, 5.74) is 7.34. The van der Waals surface area contributed by atoms with Crippen LogP contribution >= 0.6 is 0 Å². The minimum Gasteiger partial charge on any atom is -0.384 e. The predicted octanol–water partition coefficient (Wildman–Crippen LogP) is 0.818. The smallest absolute Gasteiger partial charge is 0.196 e. The Kier molecular flexibility index (Phi) is 3.05. The second-order valence-electron chi connectivity index (χ2n) is 3.51. The zero-order valence-electron chi connectivity index (χ0n) is 9.17. The third-order valence-corrected chi connectivity index (χ3v) is 2.21. The van der Waals surface area contributed by atoms with Gasteiger partial charge in [0.05, 0.1) is 5.69 Å². The molecule has 0 bridgehead atoms. The lowest BCUT2D eigenvalue weighted by Gasteiger charge is -1.99. The molecule has 5 nitrogen and oxygen atoms in total. The van der Waals surface area contributed by atoms with Gasteiger partial charge in [0.25, 0.3) is 0 Å². The van der Waals surface area contributed by atoms with Gasteiger partial charge in [-0.1, -0.05) is 11.6 Å². The maximum Gasteiger partial charge on any atom is 0.196 e. The fourth-order valence-corrected chi connectivity index (χ4v) is 1.43. The molecule has 82 valence electrons. The van der Waals surface area contributed by atoms with Crippen molar-refractivity contribution in [2.45, 2.75) is 19.9 Å².